The molecule has 6 rings (SSSR count). The van der Waals surface area contributed by atoms with Gasteiger partial charge in [0.2, 0.25) is 5.69 Å². The molecule has 0 bridgehead atoms. The Morgan fingerprint density at radius 2 is 1.84 bits per heavy atom. The maximum Gasteiger partial charge on any atom is 0.411 e. The fraction of sp³-hybridized carbons (Fsp3) is 0.0968. The summed E-state index contributed by atoms with van der Waals surface area (Å²) in [6.45, 7) is 0. The van der Waals surface area contributed by atoms with E-state index in [0.717, 1.165) is 21.4 Å². The maximum atomic E-state index is 14.4. The fourth-order valence-corrected chi connectivity index (χ4v) is 5.05. The number of nitrogens with zero attached hydrogens (tertiary/aromatic N) is 7. The topological polar surface area (TPSA) is 127 Å². The Labute approximate surface area is 255 Å². The lowest BCUT2D eigenvalue weighted by Crippen LogP contribution is -2.36. The zero-order valence-electron chi connectivity index (χ0n) is 23.2. The number of halogens is 2. The highest BCUT2D eigenvalue weighted by Crippen LogP contribution is 2.32. The van der Waals surface area contributed by atoms with Gasteiger partial charge in [0.15, 0.2) is 6.20 Å². The summed E-state index contributed by atoms with van der Waals surface area (Å²) in [6.07, 6.45) is 6.29. The highest BCUT2D eigenvalue weighted by molar-refractivity contribution is 6.31. The van der Waals surface area contributed by atoms with Gasteiger partial charge < -0.3 is 9.94 Å². The molecule has 44 heavy (non-hydrogen) atoms. The number of hydrogen-bond acceptors (Lipinski definition) is 7. The minimum atomic E-state index is -0.640. The second-order valence-corrected chi connectivity index (χ2v) is 10.2. The molecule has 11 nitrogen and oxygen atoms in total. The molecule has 0 spiro atoms. The van der Waals surface area contributed by atoms with E-state index in [-0.39, 0.29) is 5.02 Å². The number of tetrazole rings is 1. The monoisotopic (exact) mass is 610 g/mol. The predicted molar refractivity (Wildman–Crippen MR) is 160 cm³/mol. The SMILES string of the molecule is COC(=O)Nc1ccc(-c2cnn(C(Cc3ccccc3)c3ccc(-c4cc(Cl)c(F)cc4-n4cnnn4)c[n+]3[O-])c2)cc1. The van der Waals surface area contributed by atoms with Crippen molar-refractivity contribution in [3.05, 3.63) is 131 Å². The summed E-state index contributed by atoms with van der Waals surface area (Å²) in [7, 11) is 1.30. The van der Waals surface area contributed by atoms with E-state index in [1.165, 1.54) is 36.4 Å². The molecule has 0 saturated carbocycles. The van der Waals surface area contributed by atoms with Gasteiger partial charge in [-0.15, -0.1) is 5.10 Å². The summed E-state index contributed by atoms with van der Waals surface area (Å²) in [6, 6.07) is 22.7. The van der Waals surface area contributed by atoms with Crippen molar-refractivity contribution in [3.63, 3.8) is 0 Å². The van der Waals surface area contributed by atoms with E-state index in [1.807, 2.05) is 48.7 Å². The van der Waals surface area contributed by atoms with Gasteiger partial charge in [-0.2, -0.15) is 14.5 Å². The molecular formula is C31H24ClFN8O3. The van der Waals surface area contributed by atoms with Crippen LogP contribution in [-0.2, 0) is 11.2 Å². The van der Waals surface area contributed by atoms with Crippen molar-refractivity contribution >= 4 is 23.4 Å². The predicted octanol–water partition coefficient (Wildman–Crippen LogP) is 5.63. The van der Waals surface area contributed by atoms with Gasteiger partial charge in [0, 0.05) is 47.1 Å². The van der Waals surface area contributed by atoms with E-state index in [9.17, 15) is 14.4 Å². The lowest BCUT2D eigenvalue weighted by molar-refractivity contribution is -0.615. The number of aromatic nitrogens is 7. The molecule has 3 aromatic heterocycles. The lowest BCUT2D eigenvalue weighted by atomic mass is 10.0. The van der Waals surface area contributed by atoms with Crippen LogP contribution in [-0.4, -0.2) is 43.2 Å². The molecule has 0 aliphatic heterocycles. The third kappa shape index (κ3) is 5.96. The van der Waals surface area contributed by atoms with Crippen LogP contribution in [0.25, 0.3) is 27.9 Å². The Morgan fingerprint density at radius 1 is 1.07 bits per heavy atom. The number of anilines is 1. The van der Waals surface area contributed by atoms with Gasteiger partial charge in [-0.1, -0.05) is 54.1 Å². The molecule has 6 aromatic rings. The molecule has 0 aliphatic carbocycles. The third-order valence-corrected chi connectivity index (χ3v) is 7.36. The fourth-order valence-electron chi connectivity index (χ4n) is 4.88. The number of nitrogens with one attached hydrogen (secondary N) is 1. The first-order valence-electron chi connectivity index (χ1n) is 13.4. The van der Waals surface area contributed by atoms with Crippen LogP contribution in [0, 0.1) is 11.0 Å². The molecular weight excluding hydrogens is 587 g/mol. The highest BCUT2D eigenvalue weighted by atomic mass is 35.5. The van der Waals surface area contributed by atoms with Crippen molar-refractivity contribution in [2.75, 3.05) is 12.4 Å². The Kier molecular flexibility index (Phi) is 7.98. The Bertz CT molecular complexity index is 1920. The number of rotatable bonds is 8. The summed E-state index contributed by atoms with van der Waals surface area (Å²) >= 11 is 6.12. The Hall–Kier alpha value is -5.62. The van der Waals surface area contributed by atoms with E-state index in [2.05, 4.69) is 30.7 Å². The van der Waals surface area contributed by atoms with Gasteiger partial charge in [0.25, 0.3) is 0 Å². The number of ether oxygens (including phenoxy) is 1. The van der Waals surface area contributed by atoms with Crippen LogP contribution in [0.4, 0.5) is 14.9 Å². The summed E-state index contributed by atoms with van der Waals surface area (Å²) < 4.78 is 22.9. The minimum Gasteiger partial charge on any atom is -0.618 e. The number of carbonyl (C=O) groups excluding carboxylic acids is 1. The van der Waals surface area contributed by atoms with E-state index in [1.54, 1.807) is 35.1 Å². The Balaban J connectivity index is 1.36. The van der Waals surface area contributed by atoms with Gasteiger partial charge in [0.05, 0.1) is 24.0 Å². The van der Waals surface area contributed by atoms with Crippen LogP contribution in [0.1, 0.15) is 17.3 Å². The molecule has 0 aliphatic rings. The molecule has 1 unspecified atom stereocenters. The van der Waals surface area contributed by atoms with Gasteiger partial charge in [-0.3, -0.25) is 10.00 Å². The van der Waals surface area contributed by atoms with E-state index in [4.69, 9.17) is 11.6 Å². The second-order valence-electron chi connectivity index (χ2n) is 9.81. The van der Waals surface area contributed by atoms with Crippen LogP contribution < -0.4 is 10.0 Å². The quantitative estimate of drug-likeness (QED) is 0.175. The lowest BCUT2D eigenvalue weighted by Gasteiger charge is -2.18. The third-order valence-electron chi connectivity index (χ3n) is 7.07. The van der Waals surface area contributed by atoms with Crippen LogP contribution in [0.2, 0.25) is 5.02 Å². The Morgan fingerprint density at radius 3 is 2.55 bits per heavy atom. The number of carbonyl (C=O) groups is 1. The van der Waals surface area contributed by atoms with Gasteiger partial charge in [-0.05, 0) is 45.8 Å². The molecule has 0 radical (unpaired) electrons. The van der Waals surface area contributed by atoms with E-state index >= 15 is 0 Å². The minimum absolute atomic E-state index is 0.0986. The summed E-state index contributed by atoms with van der Waals surface area (Å²) in [5.41, 5.74) is 5.06. The van der Waals surface area contributed by atoms with Gasteiger partial charge >= 0.3 is 6.09 Å². The zero-order chi connectivity index (χ0) is 30.6. The van der Waals surface area contributed by atoms with Crippen molar-refractivity contribution in [3.8, 4) is 27.9 Å². The molecule has 13 heteroatoms. The van der Waals surface area contributed by atoms with Gasteiger partial charge in [0.1, 0.15) is 18.2 Å². The molecule has 1 N–H and O–H groups in total. The maximum absolute atomic E-state index is 14.4. The first-order valence-corrected chi connectivity index (χ1v) is 13.8. The van der Waals surface area contributed by atoms with Crippen molar-refractivity contribution in [1.82, 2.24) is 30.0 Å². The van der Waals surface area contributed by atoms with Crippen molar-refractivity contribution in [1.29, 1.82) is 0 Å². The molecule has 1 amide bonds. The molecule has 3 heterocycles. The molecule has 220 valence electrons. The molecule has 1 atom stereocenters. The van der Waals surface area contributed by atoms with Gasteiger partial charge in [-0.25, -0.2) is 9.18 Å². The average Bonchev–Trinajstić information content (AvgIpc) is 3.76. The van der Waals surface area contributed by atoms with Crippen LogP contribution in [0.5, 0.6) is 0 Å². The summed E-state index contributed by atoms with van der Waals surface area (Å²) in [4.78, 5) is 11.5. The number of hydrogen-bond donors (Lipinski definition) is 1. The smallest absolute Gasteiger partial charge is 0.411 e. The highest BCUT2D eigenvalue weighted by Gasteiger charge is 2.25. The first-order chi connectivity index (χ1) is 21.4. The van der Waals surface area contributed by atoms with E-state index < -0.39 is 18.0 Å². The van der Waals surface area contributed by atoms with Crippen molar-refractivity contribution < 1.29 is 18.7 Å². The first kappa shape index (κ1) is 28.5. The molecule has 0 fully saturated rings. The standard InChI is InChI=1S/C31H24ClFN8O3/c1-44-31(42)36-24-10-7-21(8-11-24)23-16-35-39(17-23)30(13-20-5-3-2-4-6-20)28-12-9-22(18-41(28)43)25-14-26(32)27(33)15-29(25)40-19-34-37-38-40/h2-12,14-19,30H,13H2,1H3,(H,36,42). The molecule has 3 aromatic carbocycles. The zero-order valence-corrected chi connectivity index (χ0v) is 24.0. The normalized spacial score (nSPS) is 11.7. The van der Waals surface area contributed by atoms with Crippen LogP contribution in [0.15, 0.2) is 104 Å². The largest absolute Gasteiger partial charge is 0.618 e. The second kappa shape index (κ2) is 12.3. The number of methoxy groups -OCH3 is 1. The van der Waals surface area contributed by atoms with E-state index in [0.29, 0.717) is 34.6 Å². The summed E-state index contributed by atoms with van der Waals surface area (Å²) in [5.74, 6) is -0.640. The number of amides is 1. The average molecular weight is 611 g/mol. The molecule has 0 saturated heterocycles. The number of pyridine rings is 1. The summed E-state index contributed by atoms with van der Waals surface area (Å²) in [5, 5.41) is 32.0. The van der Waals surface area contributed by atoms with Crippen molar-refractivity contribution in [2.24, 2.45) is 0 Å². The van der Waals surface area contributed by atoms with Crippen LogP contribution >= 0.6 is 11.6 Å². The van der Waals surface area contributed by atoms with Crippen LogP contribution in [0.3, 0.4) is 0 Å². The number of benzene rings is 3. The van der Waals surface area contributed by atoms with Crippen molar-refractivity contribution in [2.45, 2.75) is 12.5 Å².